The predicted octanol–water partition coefficient (Wildman–Crippen LogP) is 3.04. The van der Waals surface area contributed by atoms with Crippen molar-refractivity contribution in [1.82, 2.24) is 29.6 Å². The Labute approximate surface area is 169 Å². The Morgan fingerprint density at radius 2 is 1.93 bits per heavy atom. The third-order valence-corrected chi connectivity index (χ3v) is 5.86. The zero-order valence-corrected chi connectivity index (χ0v) is 16.5. The molecular weight excluding hydrogens is 374 g/mol. The van der Waals surface area contributed by atoms with Crippen LogP contribution in [-0.4, -0.2) is 49.8 Å². The van der Waals surface area contributed by atoms with Gasteiger partial charge in [0.25, 0.3) is 0 Å². The first-order valence-corrected chi connectivity index (χ1v) is 9.99. The lowest BCUT2D eigenvalue weighted by atomic mass is 9.95. The standard InChI is InChI=1S/C20H22ClN7/c1-26-12-15-10-16(21)2-3-17(15)28-19(13-26)24-25-20(28)14-4-8-27(9-5-14)18-11-22-6-7-23-18/h2-3,6-7,10-11,14H,4-5,8-9,12-13H2,1H3. The van der Waals surface area contributed by atoms with E-state index in [4.69, 9.17) is 11.6 Å². The number of piperidine rings is 1. The average molecular weight is 396 g/mol. The Morgan fingerprint density at radius 3 is 2.71 bits per heavy atom. The number of anilines is 1. The number of fused-ring (bicyclic) bond motifs is 3. The molecular formula is C20H22ClN7. The Morgan fingerprint density at radius 1 is 1.07 bits per heavy atom. The molecule has 0 aliphatic carbocycles. The van der Waals surface area contributed by atoms with Crippen LogP contribution in [0, 0.1) is 0 Å². The highest BCUT2D eigenvalue weighted by Crippen LogP contribution is 2.33. The van der Waals surface area contributed by atoms with E-state index < -0.39 is 0 Å². The maximum atomic E-state index is 6.27. The van der Waals surface area contributed by atoms with Crippen LogP contribution in [0.15, 0.2) is 36.8 Å². The smallest absolute Gasteiger partial charge is 0.151 e. The summed E-state index contributed by atoms with van der Waals surface area (Å²) >= 11 is 6.27. The first-order chi connectivity index (χ1) is 13.7. The van der Waals surface area contributed by atoms with Crippen LogP contribution in [0.3, 0.4) is 0 Å². The highest BCUT2D eigenvalue weighted by atomic mass is 35.5. The fraction of sp³-hybridized carbons (Fsp3) is 0.400. The summed E-state index contributed by atoms with van der Waals surface area (Å²) in [6, 6.07) is 6.11. The van der Waals surface area contributed by atoms with Gasteiger partial charge in [-0.2, -0.15) is 0 Å². The highest BCUT2D eigenvalue weighted by molar-refractivity contribution is 6.30. The van der Waals surface area contributed by atoms with Gasteiger partial charge < -0.3 is 4.90 Å². The van der Waals surface area contributed by atoms with Crippen molar-refractivity contribution < 1.29 is 0 Å². The summed E-state index contributed by atoms with van der Waals surface area (Å²) in [5.41, 5.74) is 2.37. The monoisotopic (exact) mass is 395 g/mol. The van der Waals surface area contributed by atoms with Crippen LogP contribution in [0.5, 0.6) is 0 Å². The molecule has 4 heterocycles. The molecule has 0 atom stereocenters. The summed E-state index contributed by atoms with van der Waals surface area (Å²) < 4.78 is 2.26. The Bertz CT molecular complexity index is 979. The molecule has 0 N–H and O–H groups in total. The Hall–Kier alpha value is -2.51. The van der Waals surface area contributed by atoms with Crippen molar-refractivity contribution in [2.75, 3.05) is 25.0 Å². The maximum Gasteiger partial charge on any atom is 0.151 e. The van der Waals surface area contributed by atoms with Crippen LogP contribution < -0.4 is 4.90 Å². The Balaban J connectivity index is 1.45. The summed E-state index contributed by atoms with van der Waals surface area (Å²) in [5.74, 6) is 3.38. The lowest BCUT2D eigenvalue weighted by Gasteiger charge is -2.32. The minimum Gasteiger partial charge on any atom is -0.355 e. The largest absolute Gasteiger partial charge is 0.355 e. The molecule has 3 aromatic rings. The molecule has 1 saturated heterocycles. The van der Waals surface area contributed by atoms with E-state index in [0.717, 1.165) is 67.2 Å². The number of aromatic nitrogens is 5. The van der Waals surface area contributed by atoms with E-state index in [1.807, 2.05) is 12.3 Å². The predicted molar refractivity (Wildman–Crippen MR) is 108 cm³/mol. The van der Waals surface area contributed by atoms with Gasteiger partial charge in [0, 0.05) is 43.0 Å². The van der Waals surface area contributed by atoms with Crippen LogP contribution in [0.25, 0.3) is 5.69 Å². The zero-order valence-electron chi connectivity index (χ0n) is 15.8. The van der Waals surface area contributed by atoms with Crippen molar-refractivity contribution >= 4 is 17.4 Å². The van der Waals surface area contributed by atoms with Gasteiger partial charge in [-0.05, 0) is 43.7 Å². The molecule has 0 unspecified atom stereocenters. The summed E-state index contributed by atoms with van der Waals surface area (Å²) in [7, 11) is 2.11. The van der Waals surface area contributed by atoms with Gasteiger partial charge in [0.05, 0.1) is 18.4 Å². The molecule has 2 aromatic heterocycles. The van der Waals surface area contributed by atoms with Gasteiger partial charge in [0.1, 0.15) is 11.6 Å². The fourth-order valence-electron chi connectivity index (χ4n) is 4.27. The van der Waals surface area contributed by atoms with E-state index in [-0.39, 0.29) is 0 Å². The quantitative estimate of drug-likeness (QED) is 0.664. The molecule has 1 fully saturated rings. The van der Waals surface area contributed by atoms with E-state index in [1.165, 1.54) is 5.56 Å². The normalized spacial score (nSPS) is 17.9. The molecule has 8 heteroatoms. The molecule has 0 bridgehead atoms. The molecule has 1 aromatic carbocycles. The van der Waals surface area contributed by atoms with Crippen LogP contribution in [0.1, 0.15) is 36.0 Å². The van der Waals surface area contributed by atoms with Gasteiger partial charge in [0.15, 0.2) is 5.82 Å². The van der Waals surface area contributed by atoms with Gasteiger partial charge in [-0.25, -0.2) is 4.98 Å². The number of benzene rings is 1. The third-order valence-electron chi connectivity index (χ3n) is 5.62. The lowest BCUT2D eigenvalue weighted by Crippen LogP contribution is -2.34. The SMILES string of the molecule is CN1Cc2cc(Cl)ccc2-n2c(nnc2C2CCN(c3cnccn3)CC2)C1. The number of rotatable bonds is 2. The summed E-state index contributed by atoms with van der Waals surface area (Å²) in [6.07, 6.45) is 7.33. The molecule has 2 aliphatic heterocycles. The molecule has 0 radical (unpaired) electrons. The second-order valence-electron chi connectivity index (χ2n) is 7.58. The summed E-state index contributed by atoms with van der Waals surface area (Å²) in [6.45, 7) is 3.51. The van der Waals surface area contributed by atoms with Crippen molar-refractivity contribution in [2.24, 2.45) is 0 Å². The minimum atomic E-state index is 0.376. The van der Waals surface area contributed by atoms with E-state index in [9.17, 15) is 0 Å². The van der Waals surface area contributed by atoms with E-state index >= 15 is 0 Å². The molecule has 0 saturated carbocycles. The number of hydrogen-bond donors (Lipinski definition) is 0. The number of halogens is 1. The van der Waals surface area contributed by atoms with E-state index in [2.05, 4.69) is 53.7 Å². The van der Waals surface area contributed by atoms with Crippen LogP contribution >= 0.6 is 11.6 Å². The maximum absolute atomic E-state index is 6.27. The molecule has 5 rings (SSSR count). The second kappa shape index (κ2) is 7.14. The molecule has 0 spiro atoms. The van der Waals surface area contributed by atoms with Crippen molar-refractivity contribution in [1.29, 1.82) is 0 Å². The molecule has 28 heavy (non-hydrogen) atoms. The average Bonchev–Trinajstić information content (AvgIpc) is 3.06. The van der Waals surface area contributed by atoms with Crippen molar-refractivity contribution in [3.63, 3.8) is 0 Å². The molecule has 0 amide bonds. The van der Waals surface area contributed by atoms with Crippen molar-refractivity contribution in [3.8, 4) is 5.69 Å². The van der Waals surface area contributed by atoms with Crippen molar-refractivity contribution in [2.45, 2.75) is 31.8 Å². The zero-order chi connectivity index (χ0) is 19.1. The van der Waals surface area contributed by atoms with Gasteiger partial charge in [0.2, 0.25) is 0 Å². The molecule has 2 aliphatic rings. The summed E-state index contributed by atoms with van der Waals surface area (Å²) in [5, 5.41) is 9.93. The third kappa shape index (κ3) is 3.14. The second-order valence-corrected chi connectivity index (χ2v) is 8.02. The first-order valence-electron chi connectivity index (χ1n) is 9.61. The van der Waals surface area contributed by atoms with Gasteiger partial charge in [-0.15, -0.1) is 10.2 Å². The van der Waals surface area contributed by atoms with E-state index in [1.54, 1.807) is 12.4 Å². The minimum absolute atomic E-state index is 0.376. The summed E-state index contributed by atoms with van der Waals surface area (Å²) in [4.78, 5) is 13.2. The highest BCUT2D eigenvalue weighted by Gasteiger charge is 2.29. The lowest BCUT2D eigenvalue weighted by molar-refractivity contribution is 0.315. The van der Waals surface area contributed by atoms with Crippen LogP contribution in [0.2, 0.25) is 5.02 Å². The van der Waals surface area contributed by atoms with Gasteiger partial charge in [-0.3, -0.25) is 14.5 Å². The van der Waals surface area contributed by atoms with E-state index in [0.29, 0.717) is 5.92 Å². The Kier molecular flexibility index (Phi) is 4.49. The molecule has 7 nitrogen and oxygen atoms in total. The number of hydrogen-bond acceptors (Lipinski definition) is 6. The van der Waals surface area contributed by atoms with Crippen molar-refractivity contribution in [3.05, 3.63) is 59.0 Å². The number of nitrogens with zero attached hydrogens (tertiary/aromatic N) is 7. The fourth-order valence-corrected chi connectivity index (χ4v) is 4.46. The van der Waals surface area contributed by atoms with Gasteiger partial charge >= 0.3 is 0 Å². The van der Waals surface area contributed by atoms with Crippen LogP contribution in [-0.2, 0) is 13.1 Å². The first kappa shape index (κ1) is 17.6. The topological polar surface area (TPSA) is 63.0 Å². The molecule has 144 valence electrons. The van der Waals surface area contributed by atoms with Crippen LogP contribution in [0.4, 0.5) is 5.82 Å². The van der Waals surface area contributed by atoms with Gasteiger partial charge in [-0.1, -0.05) is 11.6 Å².